The van der Waals surface area contributed by atoms with Gasteiger partial charge in [-0.2, -0.15) is 0 Å². The van der Waals surface area contributed by atoms with Crippen LogP contribution >= 0.6 is 0 Å². The molecule has 5 aromatic rings. The van der Waals surface area contributed by atoms with Gasteiger partial charge in [0.2, 0.25) is 0 Å². The van der Waals surface area contributed by atoms with Crippen molar-refractivity contribution in [3.63, 3.8) is 0 Å². The molecule has 1 amide bonds. The molecule has 53 heavy (non-hydrogen) atoms. The number of amides is 1. The number of carbonyl (C=O) groups excluding carboxylic acids is 1. The van der Waals surface area contributed by atoms with Crippen molar-refractivity contribution in [2.75, 3.05) is 25.7 Å². The Labute approximate surface area is 309 Å². The van der Waals surface area contributed by atoms with Crippen molar-refractivity contribution in [2.45, 2.75) is 62.7 Å². The lowest BCUT2D eigenvalue weighted by Gasteiger charge is -2.32. The summed E-state index contributed by atoms with van der Waals surface area (Å²) in [7, 11) is 0.136. The van der Waals surface area contributed by atoms with E-state index in [4.69, 9.17) is 14.2 Å². The van der Waals surface area contributed by atoms with Gasteiger partial charge < -0.3 is 29.0 Å². The van der Waals surface area contributed by atoms with Crippen molar-refractivity contribution < 1.29 is 28.9 Å². The van der Waals surface area contributed by atoms with Gasteiger partial charge in [0.1, 0.15) is 5.75 Å². The van der Waals surface area contributed by atoms with Crippen molar-refractivity contribution in [1.29, 1.82) is 0 Å². The lowest BCUT2D eigenvalue weighted by atomic mass is 9.82. The van der Waals surface area contributed by atoms with E-state index in [0.717, 1.165) is 11.1 Å². The lowest BCUT2D eigenvalue weighted by Crippen LogP contribution is -2.46. The average Bonchev–Trinajstić information content (AvgIpc) is 3.81. The zero-order valence-corrected chi connectivity index (χ0v) is 31.5. The third-order valence-electron chi connectivity index (χ3n) is 10.8. The second kappa shape index (κ2) is 14.4. The average molecular weight is 736 g/mol. The molecule has 1 spiro atoms. The molecule has 0 saturated carbocycles. The third-order valence-corrected chi connectivity index (χ3v) is 13.3. The Morgan fingerprint density at radius 2 is 1.77 bits per heavy atom. The van der Waals surface area contributed by atoms with Crippen LogP contribution in [0.3, 0.4) is 0 Å². The van der Waals surface area contributed by atoms with Gasteiger partial charge in [0.15, 0.2) is 19.7 Å². The molecule has 276 valence electrons. The smallest absolute Gasteiger partial charge is 0.297 e. The van der Waals surface area contributed by atoms with Crippen LogP contribution in [0.2, 0.25) is 18.6 Å². The minimum atomic E-state index is -2.92. The molecule has 5 atom stereocenters. The van der Waals surface area contributed by atoms with Gasteiger partial charge >= 0.3 is 0 Å². The maximum absolute atomic E-state index is 15.0. The third kappa shape index (κ3) is 6.47. The molecule has 7 rings (SSSR count). The molecule has 2 aliphatic rings. The van der Waals surface area contributed by atoms with Crippen molar-refractivity contribution in [3.05, 3.63) is 130 Å². The molecule has 1 unspecified atom stereocenters. The fourth-order valence-corrected chi connectivity index (χ4v) is 10.9. The first-order valence-electron chi connectivity index (χ1n) is 17.8. The van der Waals surface area contributed by atoms with E-state index in [1.54, 1.807) is 35.0 Å². The SMILES string of the molecule is COc1ccc2c(c1)[C@]1(O[C@@H](CCn3cc(C(CO)c4ccccc4)nn3)[C@H]([Si](C)(C)O)[C@H]1C)C(=O)N2Cc1cccc(-n2cccc(OC)c2=O)c1. The highest BCUT2D eigenvalue weighted by Gasteiger charge is 2.66. The molecule has 4 heterocycles. The number of ether oxygens (including phenoxy) is 3. The highest BCUT2D eigenvalue weighted by Crippen LogP contribution is 2.60. The van der Waals surface area contributed by atoms with Crippen LogP contribution in [0.15, 0.2) is 102 Å². The summed E-state index contributed by atoms with van der Waals surface area (Å²) in [5.74, 6) is -0.0548. The minimum Gasteiger partial charge on any atom is -0.497 e. The van der Waals surface area contributed by atoms with Crippen LogP contribution < -0.4 is 19.9 Å². The molecule has 0 aliphatic carbocycles. The number of pyridine rings is 1. The van der Waals surface area contributed by atoms with E-state index in [1.165, 1.54) is 11.7 Å². The maximum Gasteiger partial charge on any atom is 0.297 e. The number of aromatic nitrogens is 4. The number of methoxy groups -OCH3 is 2. The molecule has 1 fully saturated rings. The first kappa shape index (κ1) is 36.3. The predicted octanol–water partition coefficient (Wildman–Crippen LogP) is 5.01. The second-order valence-electron chi connectivity index (χ2n) is 14.4. The monoisotopic (exact) mass is 735 g/mol. The van der Waals surface area contributed by atoms with E-state index in [0.29, 0.717) is 41.3 Å². The molecular formula is C40H45N5O7Si. The molecule has 13 heteroatoms. The minimum absolute atomic E-state index is 0.105. The molecule has 12 nitrogen and oxygen atoms in total. The van der Waals surface area contributed by atoms with Crippen molar-refractivity contribution in [1.82, 2.24) is 19.6 Å². The molecular weight excluding hydrogens is 691 g/mol. The number of benzene rings is 3. The quantitative estimate of drug-likeness (QED) is 0.169. The highest BCUT2D eigenvalue weighted by molar-refractivity contribution is 6.71. The Morgan fingerprint density at radius 1 is 0.981 bits per heavy atom. The number of carbonyl (C=O) groups is 1. The van der Waals surface area contributed by atoms with Gasteiger partial charge in [-0.3, -0.25) is 18.8 Å². The van der Waals surface area contributed by atoms with E-state index in [2.05, 4.69) is 10.3 Å². The Balaban J connectivity index is 1.20. The van der Waals surface area contributed by atoms with Crippen LogP contribution in [0.5, 0.6) is 11.5 Å². The zero-order valence-electron chi connectivity index (χ0n) is 30.5. The summed E-state index contributed by atoms with van der Waals surface area (Å²) in [5, 5.41) is 18.9. The van der Waals surface area contributed by atoms with Crippen molar-refractivity contribution >= 4 is 19.9 Å². The summed E-state index contributed by atoms with van der Waals surface area (Å²) < 4.78 is 21.2. The lowest BCUT2D eigenvalue weighted by molar-refractivity contribution is -0.146. The summed E-state index contributed by atoms with van der Waals surface area (Å²) in [5.41, 5.74) is 2.55. The van der Waals surface area contributed by atoms with Crippen LogP contribution in [0, 0.1) is 5.92 Å². The Hall–Kier alpha value is -5.08. The molecule has 0 bridgehead atoms. The molecule has 2 aromatic heterocycles. The normalized spacial score (nSPS) is 21.6. The Morgan fingerprint density at radius 3 is 2.49 bits per heavy atom. The molecule has 2 N–H and O–H groups in total. The number of hydrogen-bond donors (Lipinski definition) is 2. The number of hydrogen-bond acceptors (Lipinski definition) is 9. The van der Waals surface area contributed by atoms with E-state index in [1.807, 2.05) is 99.0 Å². The highest BCUT2D eigenvalue weighted by atomic mass is 28.4. The van der Waals surface area contributed by atoms with Crippen LogP contribution in [0.25, 0.3) is 5.69 Å². The number of aliphatic hydroxyl groups is 1. The first-order valence-corrected chi connectivity index (χ1v) is 20.8. The first-order chi connectivity index (χ1) is 25.5. The van der Waals surface area contributed by atoms with Gasteiger partial charge in [0.05, 0.1) is 50.8 Å². The Kier molecular flexibility index (Phi) is 9.85. The topological polar surface area (TPSA) is 141 Å². The summed E-state index contributed by atoms with van der Waals surface area (Å²) in [6.07, 6.45) is 3.55. The number of aryl methyl sites for hydroxylation is 1. The number of aliphatic hydroxyl groups excluding tert-OH is 1. The Bertz CT molecular complexity index is 2170. The molecule has 0 radical (unpaired) electrons. The standard InChI is InChI=1S/C40H45N5O7Si/c1-26-37(53(4,5)49)35(18-20-43-24-33(41-42-43)31(25-46)28-12-7-6-8-13-28)52-40(26)32-22-30(50-2)16-17-34(32)45(39(40)48)23-27-11-9-14-29(21-27)44-19-10-15-36(51-3)38(44)47/h6-17,19,21-22,24,26,31,35,37,46,49H,18,20,23,25H2,1-5H3/t26-,31?,35+,37-,40+/m1/s1. The molecule has 3 aromatic carbocycles. The fourth-order valence-electron chi connectivity index (χ4n) is 8.33. The summed E-state index contributed by atoms with van der Waals surface area (Å²) in [6.45, 7) is 6.37. The van der Waals surface area contributed by atoms with E-state index < -0.39 is 20.0 Å². The summed E-state index contributed by atoms with van der Waals surface area (Å²) in [6, 6.07) is 26.2. The van der Waals surface area contributed by atoms with Gasteiger partial charge in [-0.15, -0.1) is 5.10 Å². The van der Waals surface area contributed by atoms with E-state index in [9.17, 15) is 14.7 Å². The van der Waals surface area contributed by atoms with Gasteiger partial charge in [-0.25, -0.2) is 0 Å². The second-order valence-corrected chi connectivity index (χ2v) is 18.4. The summed E-state index contributed by atoms with van der Waals surface area (Å²) >= 11 is 0. The van der Waals surface area contributed by atoms with Crippen LogP contribution in [0.4, 0.5) is 5.69 Å². The van der Waals surface area contributed by atoms with Gasteiger partial charge in [0, 0.05) is 41.6 Å². The van der Waals surface area contributed by atoms with Crippen molar-refractivity contribution in [2.24, 2.45) is 5.92 Å². The predicted molar refractivity (Wildman–Crippen MR) is 202 cm³/mol. The van der Waals surface area contributed by atoms with Gasteiger partial charge in [0.25, 0.3) is 11.5 Å². The number of anilines is 1. The number of fused-ring (bicyclic) bond motifs is 2. The van der Waals surface area contributed by atoms with E-state index >= 15 is 4.79 Å². The van der Waals surface area contributed by atoms with Crippen LogP contribution in [-0.2, 0) is 28.2 Å². The van der Waals surface area contributed by atoms with Crippen LogP contribution in [0.1, 0.15) is 41.6 Å². The van der Waals surface area contributed by atoms with E-state index in [-0.39, 0.29) is 47.7 Å². The zero-order chi connectivity index (χ0) is 37.5. The van der Waals surface area contributed by atoms with Crippen LogP contribution in [-0.4, -0.2) is 70.6 Å². The number of nitrogens with zero attached hydrogens (tertiary/aromatic N) is 5. The fraction of sp³-hybridized carbons (Fsp3) is 0.350. The summed E-state index contributed by atoms with van der Waals surface area (Å²) in [4.78, 5) is 41.6. The molecule has 2 aliphatic heterocycles. The maximum atomic E-state index is 15.0. The van der Waals surface area contributed by atoms with Gasteiger partial charge in [-0.05, 0) is 73.1 Å². The largest absolute Gasteiger partial charge is 0.497 e. The number of rotatable bonds is 12. The van der Waals surface area contributed by atoms with Crippen molar-refractivity contribution in [3.8, 4) is 17.2 Å². The molecule has 1 saturated heterocycles. The van der Waals surface area contributed by atoms with Gasteiger partial charge in [-0.1, -0.05) is 54.6 Å².